The van der Waals surface area contributed by atoms with Crippen LogP contribution in [0.2, 0.25) is 5.28 Å². The summed E-state index contributed by atoms with van der Waals surface area (Å²) < 4.78 is 0. The van der Waals surface area contributed by atoms with E-state index >= 15 is 0 Å². The molecule has 78 valence electrons. The molecule has 0 unspecified atom stereocenters. The Hall–Kier alpha value is -1.34. The van der Waals surface area contributed by atoms with Gasteiger partial charge in [0.1, 0.15) is 11.6 Å². The van der Waals surface area contributed by atoms with Gasteiger partial charge in [0.2, 0.25) is 5.28 Å². The summed E-state index contributed by atoms with van der Waals surface area (Å²) in [5.74, 6) is 0.678. The van der Waals surface area contributed by atoms with Gasteiger partial charge >= 0.3 is 0 Å². The fourth-order valence-electron chi connectivity index (χ4n) is 1.78. The van der Waals surface area contributed by atoms with Gasteiger partial charge in [-0.3, -0.25) is 0 Å². The molecule has 1 saturated heterocycles. The van der Waals surface area contributed by atoms with Gasteiger partial charge in [0.15, 0.2) is 5.82 Å². The monoisotopic (exact) mass is 222 g/mol. The van der Waals surface area contributed by atoms with Crippen molar-refractivity contribution in [3.8, 4) is 6.07 Å². The smallest absolute Gasteiger partial charge is 0.224 e. The summed E-state index contributed by atoms with van der Waals surface area (Å²) in [6.45, 7) is 1.89. The summed E-state index contributed by atoms with van der Waals surface area (Å²) in [5.41, 5.74) is 0.501. The maximum absolute atomic E-state index is 8.94. The summed E-state index contributed by atoms with van der Waals surface area (Å²) in [6.07, 6.45) is 5.02. The molecule has 0 amide bonds. The maximum Gasteiger partial charge on any atom is 0.224 e. The molecule has 1 aromatic heterocycles. The lowest BCUT2D eigenvalue weighted by Crippen LogP contribution is -2.31. The Morgan fingerprint density at radius 2 is 2.07 bits per heavy atom. The average molecular weight is 223 g/mol. The lowest BCUT2D eigenvalue weighted by molar-refractivity contribution is 0.572. The summed E-state index contributed by atoms with van der Waals surface area (Å²) >= 11 is 5.73. The molecule has 0 saturated carbocycles. The fourth-order valence-corrected chi connectivity index (χ4v) is 1.91. The van der Waals surface area contributed by atoms with Crippen LogP contribution >= 0.6 is 11.6 Å². The van der Waals surface area contributed by atoms with E-state index in [1.54, 1.807) is 0 Å². The van der Waals surface area contributed by atoms with Gasteiger partial charge in [-0.2, -0.15) is 10.2 Å². The molecule has 1 aromatic rings. The lowest BCUT2D eigenvalue weighted by Gasteiger charge is -2.28. The zero-order valence-electron chi connectivity index (χ0n) is 8.28. The van der Waals surface area contributed by atoms with E-state index in [0.717, 1.165) is 25.9 Å². The first kappa shape index (κ1) is 10.2. The van der Waals surface area contributed by atoms with Crippen molar-refractivity contribution in [2.75, 3.05) is 18.0 Å². The fraction of sp³-hybridized carbons (Fsp3) is 0.500. The minimum Gasteiger partial charge on any atom is -0.355 e. The Kier molecular flexibility index (Phi) is 3.02. The zero-order chi connectivity index (χ0) is 10.7. The summed E-state index contributed by atoms with van der Waals surface area (Å²) in [4.78, 5) is 10.0. The van der Waals surface area contributed by atoms with Gasteiger partial charge in [0, 0.05) is 13.1 Å². The molecular weight excluding hydrogens is 212 g/mol. The molecule has 15 heavy (non-hydrogen) atoms. The molecule has 2 heterocycles. The number of anilines is 1. The first-order valence-corrected chi connectivity index (χ1v) is 5.36. The quantitative estimate of drug-likeness (QED) is 0.682. The van der Waals surface area contributed by atoms with E-state index in [2.05, 4.69) is 20.9 Å². The second-order valence-electron chi connectivity index (χ2n) is 3.54. The molecule has 0 radical (unpaired) electrons. The van der Waals surface area contributed by atoms with Crippen molar-refractivity contribution in [3.63, 3.8) is 0 Å². The molecule has 5 heteroatoms. The highest BCUT2D eigenvalue weighted by Gasteiger charge is 2.16. The maximum atomic E-state index is 8.94. The number of rotatable bonds is 1. The van der Waals surface area contributed by atoms with E-state index in [-0.39, 0.29) is 5.28 Å². The van der Waals surface area contributed by atoms with E-state index in [4.69, 9.17) is 16.9 Å². The second-order valence-corrected chi connectivity index (χ2v) is 3.87. The van der Waals surface area contributed by atoms with Crippen molar-refractivity contribution in [1.29, 1.82) is 5.26 Å². The number of piperidine rings is 1. The first-order valence-electron chi connectivity index (χ1n) is 4.99. The highest BCUT2D eigenvalue weighted by molar-refractivity contribution is 6.28. The number of hydrogen-bond donors (Lipinski definition) is 0. The summed E-state index contributed by atoms with van der Waals surface area (Å²) in [5, 5.41) is 9.14. The third kappa shape index (κ3) is 2.18. The normalized spacial score (nSPS) is 16.1. The molecule has 1 fully saturated rings. The minimum atomic E-state index is 0.203. The Morgan fingerprint density at radius 1 is 1.33 bits per heavy atom. The van der Waals surface area contributed by atoms with E-state index in [1.807, 2.05) is 0 Å². The van der Waals surface area contributed by atoms with Crippen LogP contribution in [0.4, 0.5) is 5.82 Å². The largest absolute Gasteiger partial charge is 0.355 e. The van der Waals surface area contributed by atoms with Crippen molar-refractivity contribution >= 4 is 17.4 Å². The minimum absolute atomic E-state index is 0.203. The molecule has 0 spiro atoms. The molecule has 4 nitrogen and oxygen atoms in total. The van der Waals surface area contributed by atoms with E-state index in [9.17, 15) is 0 Å². The molecule has 0 bridgehead atoms. The summed E-state index contributed by atoms with van der Waals surface area (Å²) in [6, 6.07) is 2.09. The molecular formula is C10H11ClN4. The van der Waals surface area contributed by atoms with Gasteiger partial charge in [-0.1, -0.05) is 0 Å². The van der Waals surface area contributed by atoms with Crippen molar-refractivity contribution in [3.05, 3.63) is 17.0 Å². The summed E-state index contributed by atoms with van der Waals surface area (Å²) in [7, 11) is 0. The standard InChI is InChI=1S/C10H11ClN4/c11-10-13-7-8(6-12)9(14-10)15-4-2-1-3-5-15/h7H,1-5H2. The third-order valence-corrected chi connectivity index (χ3v) is 2.70. The SMILES string of the molecule is N#Cc1cnc(Cl)nc1N1CCCCC1. The van der Waals surface area contributed by atoms with Crippen molar-refractivity contribution in [2.24, 2.45) is 0 Å². The van der Waals surface area contributed by atoms with Gasteiger partial charge in [-0.25, -0.2) is 4.98 Å². The predicted molar refractivity (Wildman–Crippen MR) is 57.8 cm³/mol. The van der Waals surface area contributed by atoms with Crippen LogP contribution in [0.5, 0.6) is 0 Å². The number of halogens is 1. The predicted octanol–water partition coefficient (Wildman–Crippen LogP) is 1.99. The number of aromatic nitrogens is 2. The molecule has 0 aliphatic carbocycles. The number of hydrogen-bond acceptors (Lipinski definition) is 4. The first-order chi connectivity index (χ1) is 7.31. The van der Waals surface area contributed by atoms with Gasteiger partial charge in [0.25, 0.3) is 0 Å². The van der Waals surface area contributed by atoms with E-state index in [0.29, 0.717) is 11.4 Å². The molecule has 0 N–H and O–H groups in total. The second kappa shape index (κ2) is 4.45. The molecule has 2 rings (SSSR count). The molecule has 1 aliphatic rings. The van der Waals surface area contributed by atoms with Crippen LogP contribution in [0.3, 0.4) is 0 Å². The Labute approximate surface area is 93.5 Å². The topological polar surface area (TPSA) is 52.8 Å². The highest BCUT2D eigenvalue weighted by Crippen LogP contribution is 2.21. The zero-order valence-corrected chi connectivity index (χ0v) is 9.04. The van der Waals surface area contributed by atoms with Crippen LogP contribution in [0, 0.1) is 11.3 Å². The lowest BCUT2D eigenvalue weighted by atomic mass is 10.1. The number of nitriles is 1. The Morgan fingerprint density at radius 3 is 2.73 bits per heavy atom. The van der Waals surface area contributed by atoms with Crippen LogP contribution in [0.15, 0.2) is 6.20 Å². The van der Waals surface area contributed by atoms with Gasteiger partial charge in [-0.15, -0.1) is 0 Å². The molecule has 1 aliphatic heterocycles. The van der Waals surface area contributed by atoms with Crippen LogP contribution in [0.25, 0.3) is 0 Å². The van der Waals surface area contributed by atoms with Crippen LogP contribution in [0.1, 0.15) is 24.8 Å². The molecule has 0 atom stereocenters. The highest BCUT2D eigenvalue weighted by atomic mass is 35.5. The van der Waals surface area contributed by atoms with E-state index < -0.39 is 0 Å². The van der Waals surface area contributed by atoms with Crippen LogP contribution in [-0.2, 0) is 0 Å². The van der Waals surface area contributed by atoms with Crippen LogP contribution in [-0.4, -0.2) is 23.1 Å². The van der Waals surface area contributed by atoms with Crippen LogP contribution < -0.4 is 4.90 Å². The van der Waals surface area contributed by atoms with E-state index in [1.165, 1.54) is 12.6 Å². The third-order valence-electron chi connectivity index (χ3n) is 2.52. The van der Waals surface area contributed by atoms with Gasteiger partial charge in [0.05, 0.1) is 6.20 Å². The van der Waals surface area contributed by atoms with Gasteiger partial charge < -0.3 is 4.90 Å². The Balaban J connectivity index is 2.32. The Bertz CT molecular complexity index is 393. The van der Waals surface area contributed by atoms with Crippen molar-refractivity contribution < 1.29 is 0 Å². The number of nitrogens with zero attached hydrogens (tertiary/aromatic N) is 4. The van der Waals surface area contributed by atoms with Crippen molar-refractivity contribution in [1.82, 2.24) is 9.97 Å². The molecule has 0 aromatic carbocycles. The van der Waals surface area contributed by atoms with Crippen molar-refractivity contribution in [2.45, 2.75) is 19.3 Å². The average Bonchev–Trinajstić information content (AvgIpc) is 2.30. The van der Waals surface area contributed by atoms with Gasteiger partial charge in [-0.05, 0) is 30.9 Å².